The average Bonchev–Trinajstić information content (AvgIpc) is 3.99. The maximum absolute atomic E-state index is 7.01. The highest BCUT2D eigenvalue weighted by Crippen LogP contribution is 2.47. The van der Waals surface area contributed by atoms with Gasteiger partial charge in [0.25, 0.3) is 0 Å². The van der Waals surface area contributed by atoms with Gasteiger partial charge in [0.05, 0.1) is 27.9 Å². The van der Waals surface area contributed by atoms with Crippen molar-refractivity contribution in [2.45, 2.75) is 0 Å². The zero-order valence-electron chi connectivity index (χ0n) is 36.8. The zero-order chi connectivity index (χ0) is 45.0. The third-order valence-corrected chi connectivity index (χ3v) is 13.0. The van der Waals surface area contributed by atoms with E-state index in [1.54, 1.807) is 0 Å². The first-order chi connectivity index (χ1) is 33.7. The van der Waals surface area contributed by atoms with Crippen molar-refractivity contribution in [2.75, 3.05) is 0 Å². The second kappa shape index (κ2) is 16.4. The Morgan fingerprint density at radius 2 is 0.868 bits per heavy atom. The third kappa shape index (κ3) is 6.76. The Bertz CT molecular complexity index is 3940. The summed E-state index contributed by atoms with van der Waals surface area (Å²) in [6.07, 6.45) is 0. The predicted octanol–water partition coefficient (Wildman–Crippen LogP) is 16.5. The summed E-state index contributed by atoms with van der Waals surface area (Å²) >= 11 is 0. The highest BCUT2D eigenvalue weighted by molar-refractivity contribution is 6.19. The van der Waals surface area contributed by atoms with Crippen LogP contribution in [0, 0.1) is 0 Å². The Labute approximate surface area is 392 Å². The molecule has 5 heteroatoms. The standard InChI is InChI=1S/C63H40N4O/c1-5-18-43(19-6-1)58-59-52-39-47(36-37-53(52)64-60(44-20-7-2-8-21-44)62(59)68-61(58)45-22-9-3-10-23-45)41-32-34-42(35-33-41)54-40-55(66-63(65-54)46-24-11-4-12-25-46)48-26-17-27-49(38-48)67-56-30-15-13-28-50(56)51-29-14-16-31-57(51)67/h1-40H. The Balaban J connectivity index is 0.938. The molecule has 0 aliphatic heterocycles. The quantitative estimate of drug-likeness (QED) is 0.153. The first-order valence-electron chi connectivity index (χ1n) is 22.9. The van der Waals surface area contributed by atoms with Crippen LogP contribution in [0.5, 0.6) is 0 Å². The molecule has 68 heavy (non-hydrogen) atoms. The molecule has 0 bridgehead atoms. The lowest BCUT2D eigenvalue weighted by molar-refractivity contribution is 0.632. The van der Waals surface area contributed by atoms with Crippen LogP contribution in [-0.4, -0.2) is 19.5 Å². The Morgan fingerprint density at radius 1 is 0.338 bits per heavy atom. The summed E-state index contributed by atoms with van der Waals surface area (Å²) in [5.74, 6) is 1.50. The molecular formula is C63H40N4O. The highest BCUT2D eigenvalue weighted by atomic mass is 16.3. The number of hydrogen-bond acceptors (Lipinski definition) is 4. The van der Waals surface area contributed by atoms with Gasteiger partial charge in [-0.25, -0.2) is 15.0 Å². The van der Waals surface area contributed by atoms with Crippen molar-refractivity contribution in [3.63, 3.8) is 0 Å². The first kappa shape index (κ1) is 39.2. The molecule has 0 fully saturated rings. The average molecular weight is 869 g/mol. The van der Waals surface area contributed by atoms with Crippen LogP contribution in [0.2, 0.25) is 0 Å². The van der Waals surface area contributed by atoms with E-state index >= 15 is 0 Å². The summed E-state index contributed by atoms with van der Waals surface area (Å²) in [4.78, 5) is 15.7. The number of hydrogen-bond donors (Lipinski definition) is 0. The van der Waals surface area contributed by atoms with Crippen LogP contribution in [0.25, 0.3) is 128 Å². The molecule has 0 spiro atoms. The molecule has 0 saturated carbocycles. The number of aromatic nitrogens is 4. The molecule has 13 aromatic rings. The van der Waals surface area contributed by atoms with E-state index in [0.29, 0.717) is 5.82 Å². The van der Waals surface area contributed by atoms with Gasteiger partial charge < -0.3 is 8.98 Å². The molecule has 0 aliphatic carbocycles. The Morgan fingerprint density at radius 3 is 1.53 bits per heavy atom. The summed E-state index contributed by atoms with van der Waals surface area (Å²) in [5.41, 5.74) is 16.9. The van der Waals surface area contributed by atoms with Crippen molar-refractivity contribution in [3.05, 3.63) is 243 Å². The van der Waals surface area contributed by atoms with Crippen molar-refractivity contribution in [2.24, 2.45) is 0 Å². The van der Waals surface area contributed by atoms with Crippen LogP contribution in [0.4, 0.5) is 0 Å². The van der Waals surface area contributed by atoms with Gasteiger partial charge in [-0.3, -0.25) is 0 Å². The number of fused-ring (bicyclic) bond motifs is 6. The number of rotatable bonds is 8. The summed E-state index contributed by atoms with van der Waals surface area (Å²) in [6, 6.07) is 84.8. The van der Waals surface area contributed by atoms with Gasteiger partial charge in [0.2, 0.25) is 0 Å². The van der Waals surface area contributed by atoms with Crippen LogP contribution in [-0.2, 0) is 0 Å². The van der Waals surface area contributed by atoms with Gasteiger partial charge in [0, 0.05) is 60.6 Å². The lowest BCUT2D eigenvalue weighted by Gasteiger charge is -2.13. The summed E-state index contributed by atoms with van der Waals surface area (Å²) in [5, 5.41) is 4.53. The maximum Gasteiger partial charge on any atom is 0.162 e. The molecule has 0 amide bonds. The molecule has 0 aliphatic rings. The van der Waals surface area contributed by atoms with E-state index in [0.717, 1.165) is 100 Å². The summed E-state index contributed by atoms with van der Waals surface area (Å²) < 4.78 is 9.36. The van der Waals surface area contributed by atoms with Gasteiger partial charge in [0.1, 0.15) is 11.5 Å². The van der Waals surface area contributed by atoms with Crippen molar-refractivity contribution >= 4 is 43.7 Å². The second-order valence-corrected chi connectivity index (χ2v) is 17.1. The molecule has 0 saturated heterocycles. The SMILES string of the molecule is c1ccc(-c2nc(-c3ccc(-c4ccc5nc(-c6ccccc6)c6oc(-c7ccccc7)c(-c7ccccc7)c6c5c4)cc3)cc(-c3cccc(-n4c5ccccc5c5ccccc54)c3)n2)cc1. The molecule has 0 N–H and O–H groups in total. The van der Waals surface area contributed by atoms with E-state index in [1.807, 2.05) is 30.3 Å². The summed E-state index contributed by atoms with van der Waals surface area (Å²) in [7, 11) is 0. The third-order valence-electron chi connectivity index (χ3n) is 13.0. The Kier molecular flexibility index (Phi) is 9.43. The van der Waals surface area contributed by atoms with Gasteiger partial charge in [0.15, 0.2) is 11.4 Å². The zero-order valence-corrected chi connectivity index (χ0v) is 36.8. The van der Waals surface area contributed by atoms with E-state index < -0.39 is 0 Å². The molecule has 0 radical (unpaired) electrons. The molecule has 13 rings (SSSR count). The van der Waals surface area contributed by atoms with Crippen molar-refractivity contribution < 1.29 is 4.42 Å². The number of pyridine rings is 1. The number of para-hydroxylation sites is 2. The van der Waals surface area contributed by atoms with Crippen molar-refractivity contribution in [1.29, 1.82) is 0 Å². The Hall–Kier alpha value is -9.19. The lowest BCUT2D eigenvalue weighted by atomic mass is 9.94. The summed E-state index contributed by atoms with van der Waals surface area (Å²) in [6.45, 7) is 0. The van der Waals surface area contributed by atoms with Gasteiger partial charge >= 0.3 is 0 Å². The van der Waals surface area contributed by atoms with Crippen molar-refractivity contribution in [1.82, 2.24) is 19.5 Å². The van der Waals surface area contributed by atoms with Crippen LogP contribution in [0.15, 0.2) is 247 Å². The van der Waals surface area contributed by atoms with Crippen LogP contribution < -0.4 is 0 Å². The highest BCUT2D eigenvalue weighted by Gasteiger charge is 2.24. The molecule has 4 heterocycles. The van der Waals surface area contributed by atoms with E-state index in [9.17, 15) is 0 Å². The number of nitrogens with zero attached hydrogens (tertiary/aromatic N) is 4. The minimum Gasteiger partial charge on any atom is -0.453 e. The minimum absolute atomic E-state index is 0.676. The van der Waals surface area contributed by atoms with Crippen LogP contribution in [0.3, 0.4) is 0 Å². The van der Waals surface area contributed by atoms with E-state index in [1.165, 1.54) is 21.8 Å². The topological polar surface area (TPSA) is 56.7 Å². The molecule has 318 valence electrons. The van der Waals surface area contributed by atoms with Gasteiger partial charge in [-0.15, -0.1) is 0 Å². The second-order valence-electron chi connectivity index (χ2n) is 17.1. The molecule has 9 aromatic carbocycles. The van der Waals surface area contributed by atoms with E-state index in [2.05, 4.69) is 217 Å². The predicted molar refractivity (Wildman–Crippen MR) is 279 cm³/mol. The van der Waals surface area contributed by atoms with Crippen molar-refractivity contribution in [3.8, 4) is 84.4 Å². The van der Waals surface area contributed by atoms with Crippen LogP contribution in [0.1, 0.15) is 0 Å². The van der Waals surface area contributed by atoms with Gasteiger partial charge in [-0.1, -0.05) is 200 Å². The van der Waals surface area contributed by atoms with E-state index in [-0.39, 0.29) is 0 Å². The number of benzene rings is 9. The first-order valence-corrected chi connectivity index (χ1v) is 22.9. The largest absolute Gasteiger partial charge is 0.453 e. The smallest absolute Gasteiger partial charge is 0.162 e. The maximum atomic E-state index is 7.01. The molecular weight excluding hydrogens is 829 g/mol. The molecule has 0 unspecified atom stereocenters. The molecule has 4 aromatic heterocycles. The normalized spacial score (nSPS) is 11.5. The minimum atomic E-state index is 0.676. The fourth-order valence-corrected chi connectivity index (χ4v) is 9.80. The van der Waals surface area contributed by atoms with Gasteiger partial charge in [-0.05, 0) is 59.2 Å². The van der Waals surface area contributed by atoms with E-state index in [4.69, 9.17) is 19.4 Å². The number of furan rings is 1. The molecule has 5 nitrogen and oxygen atoms in total. The van der Waals surface area contributed by atoms with Gasteiger partial charge in [-0.2, -0.15) is 0 Å². The fraction of sp³-hybridized carbons (Fsp3) is 0. The lowest BCUT2D eigenvalue weighted by Crippen LogP contribution is -1.98. The fourth-order valence-electron chi connectivity index (χ4n) is 9.80. The monoisotopic (exact) mass is 868 g/mol. The van der Waals surface area contributed by atoms with Crippen LogP contribution >= 0.6 is 0 Å². The molecule has 0 atom stereocenters.